The van der Waals surface area contributed by atoms with Gasteiger partial charge in [0.05, 0.1) is 5.69 Å². The third-order valence-electron chi connectivity index (χ3n) is 5.75. The molecule has 0 spiro atoms. The number of hydrogen-bond donors (Lipinski definition) is 2. The second-order valence-electron chi connectivity index (χ2n) is 7.95. The third-order valence-corrected chi connectivity index (χ3v) is 9.16. The van der Waals surface area contributed by atoms with Gasteiger partial charge in [0.15, 0.2) is 10.9 Å². The van der Waals surface area contributed by atoms with Crippen LogP contribution >= 0.6 is 22.7 Å². The molecule has 0 saturated carbocycles. The highest BCUT2D eigenvalue weighted by molar-refractivity contribution is 7.91. The van der Waals surface area contributed by atoms with Crippen molar-refractivity contribution in [1.29, 1.82) is 0 Å². The summed E-state index contributed by atoms with van der Waals surface area (Å²) in [6, 6.07) is 1.84. The number of piperazine rings is 1. The van der Waals surface area contributed by atoms with Crippen molar-refractivity contribution in [3.05, 3.63) is 39.2 Å². The van der Waals surface area contributed by atoms with Crippen molar-refractivity contribution in [2.75, 3.05) is 31.1 Å². The first kappa shape index (κ1) is 23.1. The van der Waals surface area contributed by atoms with Crippen LogP contribution in [-0.2, 0) is 23.0 Å². The summed E-state index contributed by atoms with van der Waals surface area (Å²) < 4.78 is 23.8. The first-order valence-corrected chi connectivity index (χ1v) is 13.7. The second kappa shape index (κ2) is 9.06. The minimum Gasteiger partial charge on any atom is -0.356 e. The summed E-state index contributed by atoms with van der Waals surface area (Å²) in [6.45, 7) is 9.40. The van der Waals surface area contributed by atoms with Gasteiger partial charge >= 0.3 is 0 Å². The largest absolute Gasteiger partial charge is 0.356 e. The summed E-state index contributed by atoms with van der Waals surface area (Å²) in [5.41, 5.74) is 5.26. The molecule has 4 heterocycles. The van der Waals surface area contributed by atoms with Crippen molar-refractivity contribution in [1.82, 2.24) is 14.9 Å². The number of aryl methyl sites for hydroxylation is 1. The predicted octanol–water partition coefficient (Wildman–Crippen LogP) is 3.24. The number of aromatic amines is 1. The molecule has 4 rings (SSSR count). The van der Waals surface area contributed by atoms with E-state index in [4.69, 9.17) is 10.1 Å². The van der Waals surface area contributed by atoms with Crippen LogP contribution in [-0.4, -0.2) is 55.2 Å². The Morgan fingerprint density at radius 2 is 1.97 bits per heavy atom. The molecule has 1 saturated heterocycles. The van der Waals surface area contributed by atoms with Crippen molar-refractivity contribution in [2.24, 2.45) is 5.14 Å². The van der Waals surface area contributed by atoms with E-state index in [9.17, 15) is 13.2 Å². The molecule has 8 nitrogen and oxygen atoms in total. The molecule has 32 heavy (non-hydrogen) atoms. The van der Waals surface area contributed by atoms with Gasteiger partial charge in [0.1, 0.15) is 9.90 Å². The predicted molar refractivity (Wildman–Crippen MR) is 129 cm³/mol. The fraction of sp³-hybridized carbons (Fsp3) is 0.429. The topological polar surface area (TPSA) is 112 Å². The molecule has 0 radical (unpaired) electrons. The maximum Gasteiger partial charge on any atom is 0.247 e. The average molecular weight is 494 g/mol. The molecule has 0 amide bonds. The minimum atomic E-state index is -3.68. The molecule has 1 aliphatic rings. The van der Waals surface area contributed by atoms with Crippen molar-refractivity contribution in [3.8, 4) is 11.4 Å². The number of thiazole rings is 1. The van der Waals surface area contributed by atoms with Crippen LogP contribution in [0.5, 0.6) is 0 Å². The van der Waals surface area contributed by atoms with Gasteiger partial charge in [0.25, 0.3) is 0 Å². The Morgan fingerprint density at radius 3 is 2.59 bits per heavy atom. The van der Waals surface area contributed by atoms with Crippen LogP contribution < -0.4 is 10.0 Å². The van der Waals surface area contributed by atoms with Gasteiger partial charge in [-0.3, -0.25) is 9.69 Å². The van der Waals surface area contributed by atoms with E-state index in [0.717, 1.165) is 71.5 Å². The molecule has 0 bridgehead atoms. The first-order chi connectivity index (χ1) is 15.2. The maximum absolute atomic E-state index is 12.1. The number of ketones is 1. The van der Waals surface area contributed by atoms with E-state index in [0.29, 0.717) is 6.54 Å². The molecule has 0 aromatic carbocycles. The van der Waals surface area contributed by atoms with Gasteiger partial charge in [-0.1, -0.05) is 6.92 Å². The Bertz CT molecular complexity index is 1230. The Labute approximate surface area is 196 Å². The molecule has 1 fully saturated rings. The lowest BCUT2D eigenvalue weighted by atomic mass is 10.0. The maximum atomic E-state index is 12.1. The standard InChI is InChI=1S/C21H27N5O3S3/c1-4-16-18(14(3)27)13(2)23-19(16)17-12-31-21(24-17)26-8-6-25(7-9-26)11-15-5-10-30-20(15)32(22,28)29/h5,10,12,23H,4,6-9,11H2,1-3H3,(H2,22,28,29). The smallest absolute Gasteiger partial charge is 0.247 e. The van der Waals surface area contributed by atoms with Gasteiger partial charge in [-0.2, -0.15) is 0 Å². The lowest BCUT2D eigenvalue weighted by molar-refractivity contribution is 0.101. The Kier molecular flexibility index (Phi) is 6.55. The summed E-state index contributed by atoms with van der Waals surface area (Å²) in [5.74, 6) is 0.0737. The summed E-state index contributed by atoms with van der Waals surface area (Å²) in [4.78, 5) is 24.8. The summed E-state index contributed by atoms with van der Waals surface area (Å²) in [7, 11) is -3.68. The van der Waals surface area contributed by atoms with Crippen LogP contribution in [0.15, 0.2) is 21.0 Å². The van der Waals surface area contributed by atoms with E-state index >= 15 is 0 Å². The lowest BCUT2D eigenvalue weighted by Crippen LogP contribution is -2.46. The zero-order valence-corrected chi connectivity index (χ0v) is 20.8. The molecule has 11 heteroatoms. The number of carbonyl (C=O) groups excluding carboxylic acids is 1. The van der Waals surface area contributed by atoms with Crippen LogP contribution in [0.2, 0.25) is 0 Å². The number of hydrogen-bond acceptors (Lipinski definition) is 8. The summed E-state index contributed by atoms with van der Waals surface area (Å²) in [6.07, 6.45) is 0.767. The number of H-pyrrole nitrogens is 1. The summed E-state index contributed by atoms with van der Waals surface area (Å²) >= 11 is 2.77. The number of Topliss-reactive ketones (excluding diaryl/α,β-unsaturated/α-hetero) is 1. The van der Waals surface area contributed by atoms with Gasteiger partial charge in [-0.15, -0.1) is 22.7 Å². The van der Waals surface area contributed by atoms with E-state index in [-0.39, 0.29) is 9.99 Å². The van der Waals surface area contributed by atoms with Crippen LogP contribution in [0.4, 0.5) is 5.13 Å². The van der Waals surface area contributed by atoms with E-state index in [2.05, 4.69) is 21.7 Å². The molecule has 3 aromatic heterocycles. The number of sulfonamides is 1. The molecule has 3 aromatic rings. The second-order valence-corrected chi connectivity index (χ2v) is 11.5. The Hall–Kier alpha value is -2.05. The van der Waals surface area contributed by atoms with E-state index in [1.807, 2.05) is 18.4 Å². The number of nitrogens with zero attached hydrogens (tertiary/aromatic N) is 3. The number of aromatic nitrogens is 2. The number of primary sulfonamides is 1. The zero-order chi connectivity index (χ0) is 23.0. The number of anilines is 1. The molecule has 1 aliphatic heterocycles. The Balaban J connectivity index is 1.45. The number of nitrogens with one attached hydrogen (secondary N) is 1. The van der Waals surface area contributed by atoms with Crippen LogP contribution in [0.25, 0.3) is 11.4 Å². The lowest BCUT2D eigenvalue weighted by Gasteiger charge is -2.34. The molecule has 0 atom stereocenters. The van der Waals surface area contributed by atoms with Gasteiger partial charge < -0.3 is 9.88 Å². The van der Waals surface area contributed by atoms with Crippen molar-refractivity contribution in [2.45, 2.75) is 37.9 Å². The highest BCUT2D eigenvalue weighted by Crippen LogP contribution is 2.33. The fourth-order valence-corrected chi connectivity index (χ4v) is 6.99. The number of rotatable bonds is 7. The third kappa shape index (κ3) is 4.53. The molecule has 172 valence electrons. The minimum absolute atomic E-state index is 0.0737. The van der Waals surface area contributed by atoms with E-state index < -0.39 is 10.0 Å². The van der Waals surface area contributed by atoms with Crippen LogP contribution in [0, 0.1) is 6.92 Å². The zero-order valence-electron chi connectivity index (χ0n) is 18.3. The highest BCUT2D eigenvalue weighted by atomic mass is 32.2. The normalized spacial score (nSPS) is 15.4. The fourth-order valence-electron chi connectivity index (χ4n) is 4.28. The SMILES string of the molecule is CCc1c(-c2csc(N3CCN(Cc4ccsc4S(N)(=O)=O)CC3)n2)[nH]c(C)c1C(C)=O. The first-order valence-electron chi connectivity index (χ1n) is 10.4. The van der Waals surface area contributed by atoms with Gasteiger partial charge in [-0.25, -0.2) is 18.5 Å². The number of nitrogens with two attached hydrogens (primary N) is 1. The average Bonchev–Trinajstić information content (AvgIpc) is 3.45. The molecular formula is C21H27N5O3S3. The number of thiophene rings is 1. The highest BCUT2D eigenvalue weighted by Gasteiger charge is 2.24. The van der Waals surface area contributed by atoms with Crippen molar-refractivity contribution in [3.63, 3.8) is 0 Å². The van der Waals surface area contributed by atoms with E-state index in [1.165, 1.54) is 11.3 Å². The van der Waals surface area contributed by atoms with Gasteiger partial charge in [-0.05, 0) is 42.8 Å². The Morgan fingerprint density at radius 1 is 1.25 bits per heavy atom. The van der Waals surface area contributed by atoms with Gasteiger partial charge in [0, 0.05) is 49.4 Å². The number of carbonyl (C=O) groups is 1. The molecule has 3 N–H and O–H groups in total. The van der Waals surface area contributed by atoms with Crippen LogP contribution in [0.3, 0.4) is 0 Å². The quantitative estimate of drug-likeness (QED) is 0.489. The molecule has 0 unspecified atom stereocenters. The van der Waals surface area contributed by atoms with Crippen molar-refractivity contribution < 1.29 is 13.2 Å². The van der Waals surface area contributed by atoms with Crippen molar-refractivity contribution >= 4 is 43.6 Å². The van der Waals surface area contributed by atoms with E-state index in [1.54, 1.807) is 23.6 Å². The van der Waals surface area contributed by atoms with Crippen LogP contribution in [0.1, 0.15) is 41.0 Å². The van der Waals surface area contributed by atoms with Gasteiger partial charge in [0.2, 0.25) is 10.0 Å². The molecular weight excluding hydrogens is 466 g/mol. The monoisotopic (exact) mass is 493 g/mol. The molecule has 0 aliphatic carbocycles. The summed E-state index contributed by atoms with van der Waals surface area (Å²) in [5, 5.41) is 10.1.